The van der Waals surface area contributed by atoms with Crippen molar-refractivity contribution in [3.8, 4) is 16.9 Å². The van der Waals surface area contributed by atoms with Crippen LogP contribution in [0.3, 0.4) is 0 Å². The van der Waals surface area contributed by atoms with E-state index in [0.29, 0.717) is 29.4 Å². The molecule has 1 unspecified atom stereocenters. The molecule has 4 aliphatic rings. The highest BCUT2D eigenvalue weighted by molar-refractivity contribution is 5.71. The van der Waals surface area contributed by atoms with Gasteiger partial charge in [0.1, 0.15) is 17.7 Å². The molecule has 5 nitrogen and oxygen atoms in total. The lowest BCUT2D eigenvalue weighted by molar-refractivity contribution is -0.0361. The second kappa shape index (κ2) is 9.81. The minimum atomic E-state index is -0.429. The van der Waals surface area contributed by atoms with E-state index in [4.69, 9.17) is 9.47 Å². The zero-order chi connectivity index (χ0) is 24.6. The van der Waals surface area contributed by atoms with Crippen LogP contribution in [0.5, 0.6) is 5.75 Å². The SMILES string of the molecule is CCCCc1ccc(-c2cc3c(cc2F)C(NC(=O)O[C@@H]2CN4CCC2CC4)C(C)(C)CO3)cc1. The zero-order valence-corrected chi connectivity index (χ0v) is 21.1. The number of hydrogen-bond donors (Lipinski definition) is 1. The van der Waals surface area contributed by atoms with Crippen molar-refractivity contribution in [1.29, 1.82) is 0 Å². The number of nitrogens with one attached hydrogen (secondary N) is 1. The maximum atomic E-state index is 15.4. The fourth-order valence-electron chi connectivity index (χ4n) is 5.75. The van der Waals surface area contributed by atoms with Crippen LogP contribution in [0.25, 0.3) is 11.1 Å². The Balaban J connectivity index is 1.35. The summed E-state index contributed by atoms with van der Waals surface area (Å²) in [6.45, 7) is 9.64. The Bertz CT molecular complexity index is 1060. The Morgan fingerprint density at radius 2 is 1.94 bits per heavy atom. The zero-order valence-electron chi connectivity index (χ0n) is 21.1. The number of carbonyl (C=O) groups excluding carboxylic acids is 1. The highest BCUT2D eigenvalue weighted by Gasteiger charge is 2.41. The topological polar surface area (TPSA) is 50.8 Å². The van der Waals surface area contributed by atoms with Gasteiger partial charge in [-0.25, -0.2) is 9.18 Å². The summed E-state index contributed by atoms with van der Waals surface area (Å²) in [6.07, 6.45) is 4.99. The molecule has 2 aromatic carbocycles. The lowest BCUT2D eigenvalue weighted by Crippen LogP contribution is -2.53. The maximum Gasteiger partial charge on any atom is 0.407 e. The predicted octanol–water partition coefficient (Wildman–Crippen LogP) is 6.12. The summed E-state index contributed by atoms with van der Waals surface area (Å²) >= 11 is 0. The molecular weight excluding hydrogens is 443 g/mol. The van der Waals surface area contributed by atoms with Crippen LogP contribution in [-0.2, 0) is 11.2 Å². The second-order valence-electron chi connectivity index (χ2n) is 11.1. The molecule has 3 fully saturated rings. The number of unbranched alkanes of at least 4 members (excludes halogenated alkanes) is 1. The van der Waals surface area contributed by atoms with Gasteiger partial charge in [-0.15, -0.1) is 0 Å². The number of nitrogens with zero attached hydrogens (tertiary/aromatic N) is 1. The van der Waals surface area contributed by atoms with Crippen molar-refractivity contribution < 1.29 is 18.7 Å². The molecular formula is C29H37FN2O3. The predicted molar refractivity (Wildman–Crippen MR) is 135 cm³/mol. The van der Waals surface area contributed by atoms with Crippen LogP contribution in [-0.4, -0.2) is 43.3 Å². The number of piperidine rings is 3. The van der Waals surface area contributed by atoms with Crippen molar-refractivity contribution in [3.63, 3.8) is 0 Å². The summed E-state index contributed by atoms with van der Waals surface area (Å²) in [5.74, 6) is 0.738. The quantitative estimate of drug-likeness (QED) is 0.542. The van der Waals surface area contributed by atoms with E-state index in [0.717, 1.165) is 57.3 Å². The number of hydrogen-bond acceptors (Lipinski definition) is 4. The van der Waals surface area contributed by atoms with Crippen molar-refractivity contribution in [3.05, 3.63) is 53.3 Å². The maximum absolute atomic E-state index is 15.4. The molecule has 188 valence electrons. The smallest absolute Gasteiger partial charge is 0.407 e. The molecule has 3 saturated heterocycles. The highest BCUT2D eigenvalue weighted by Crippen LogP contribution is 2.45. The summed E-state index contributed by atoms with van der Waals surface area (Å²) in [6, 6.07) is 11.0. The van der Waals surface area contributed by atoms with E-state index in [9.17, 15) is 4.79 Å². The van der Waals surface area contributed by atoms with Gasteiger partial charge in [-0.1, -0.05) is 51.5 Å². The number of fused-ring (bicyclic) bond motifs is 4. The molecule has 2 bridgehead atoms. The number of aryl methyl sites for hydroxylation is 1. The van der Waals surface area contributed by atoms with Gasteiger partial charge in [-0.2, -0.15) is 0 Å². The fraction of sp³-hybridized carbons (Fsp3) is 0.552. The number of amides is 1. The highest BCUT2D eigenvalue weighted by atomic mass is 19.1. The third-order valence-electron chi connectivity index (χ3n) is 7.99. The Labute approximate surface area is 208 Å². The van der Waals surface area contributed by atoms with E-state index in [1.807, 2.05) is 26.0 Å². The van der Waals surface area contributed by atoms with Gasteiger partial charge in [-0.3, -0.25) is 4.90 Å². The Kier molecular flexibility index (Phi) is 6.75. The molecule has 4 aliphatic heterocycles. The molecule has 0 spiro atoms. The van der Waals surface area contributed by atoms with E-state index in [1.54, 1.807) is 6.07 Å². The molecule has 0 aliphatic carbocycles. The molecule has 2 atom stereocenters. The number of rotatable bonds is 6. The van der Waals surface area contributed by atoms with Crippen molar-refractivity contribution in [2.24, 2.45) is 11.3 Å². The third-order valence-corrected chi connectivity index (χ3v) is 7.99. The van der Waals surface area contributed by atoms with E-state index in [2.05, 4.69) is 29.3 Å². The third kappa shape index (κ3) is 5.04. The standard InChI is InChI=1S/C29H37FN2O3/c1-4-5-6-19-7-9-20(10-8-19)22-16-25-23(15-24(22)30)27(29(2,3)18-34-25)31-28(33)35-26-17-32-13-11-21(26)12-14-32/h7-10,15-16,21,26-27H,4-6,11-14,17-18H2,1-3H3,(H,31,33)/t26-,27?/m1/s1. The summed E-state index contributed by atoms with van der Waals surface area (Å²) < 4.78 is 27.3. The van der Waals surface area contributed by atoms with Gasteiger partial charge in [0.2, 0.25) is 0 Å². The van der Waals surface area contributed by atoms with E-state index >= 15 is 4.39 Å². The molecule has 2 aromatic rings. The van der Waals surface area contributed by atoms with Gasteiger partial charge in [0, 0.05) is 23.1 Å². The van der Waals surface area contributed by atoms with Gasteiger partial charge in [0.05, 0.1) is 12.6 Å². The molecule has 6 rings (SSSR count). The first kappa shape index (κ1) is 24.1. The lowest BCUT2D eigenvalue weighted by Gasteiger charge is -2.44. The Hall–Kier alpha value is -2.60. The minimum absolute atomic E-state index is 0.0701. The van der Waals surface area contributed by atoms with E-state index in [1.165, 1.54) is 11.6 Å². The van der Waals surface area contributed by atoms with Crippen molar-refractivity contribution in [2.75, 3.05) is 26.2 Å². The number of halogens is 1. The molecule has 0 aromatic heterocycles. The fourth-order valence-corrected chi connectivity index (χ4v) is 5.75. The molecule has 1 N–H and O–H groups in total. The van der Waals surface area contributed by atoms with Gasteiger partial charge in [0.25, 0.3) is 0 Å². The molecule has 0 saturated carbocycles. The Morgan fingerprint density at radius 3 is 2.60 bits per heavy atom. The van der Waals surface area contributed by atoms with Crippen molar-refractivity contribution >= 4 is 6.09 Å². The molecule has 35 heavy (non-hydrogen) atoms. The average molecular weight is 481 g/mol. The first-order chi connectivity index (χ1) is 16.8. The van der Waals surface area contributed by atoms with Gasteiger partial charge >= 0.3 is 6.09 Å². The van der Waals surface area contributed by atoms with Gasteiger partial charge < -0.3 is 14.8 Å². The average Bonchev–Trinajstić information content (AvgIpc) is 2.85. The molecule has 1 amide bonds. The molecule has 4 heterocycles. The van der Waals surface area contributed by atoms with Crippen LogP contribution in [0.1, 0.15) is 63.6 Å². The summed E-state index contributed by atoms with van der Waals surface area (Å²) in [4.78, 5) is 15.3. The lowest BCUT2D eigenvalue weighted by atomic mass is 9.78. The number of carbonyl (C=O) groups is 1. The van der Waals surface area contributed by atoms with Crippen molar-refractivity contribution in [2.45, 2.75) is 65.0 Å². The van der Waals surface area contributed by atoms with Crippen LogP contribution in [0.4, 0.5) is 9.18 Å². The van der Waals surface area contributed by atoms with Gasteiger partial charge in [0.15, 0.2) is 0 Å². The van der Waals surface area contributed by atoms with E-state index in [-0.39, 0.29) is 11.9 Å². The van der Waals surface area contributed by atoms with Crippen LogP contribution < -0.4 is 10.1 Å². The summed E-state index contributed by atoms with van der Waals surface area (Å²) in [5.41, 5.74) is 2.85. The normalized spacial score (nSPS) is 26.5. The van der Waals surface area contributed by atoms with E-state index < -0.39 is 17.6 Å². The number of alkyl carbamates (subject to hydrolysis) is 1. The van der Waals surface area contributed by atoms with Crippen LogP contribution in [0, 0.1) is 17.2 Å². The minimum Gasteiger partial charge on any atom is -0.493 e. The number of benzene rings is 2. The first-order valence-corrected chi connectivity index (χ1v) is 13.1. The molecule has 6 heteroatoms. The van der Waals surface area contributed by atoms with Crippen LogP contribution >= 0.6 is 0 Å². The monoisotopic (exact) mass is 480 g/mol. The first-order valence-electron chi connectivity index (χ1n) is 13.1. The summed E-state index contributed by atoms with van der Waals surface area (Å²) in [7, 11) is 0. The summed E-state index contributed by atoms with van der Waals surface area (Å²) in [5, 5.41) is 3.06. The van der Waals surface area contributed by atoms with Gasteiger partial charge in [-0.05, 0) is 68.0 Å². The number of ether oxygens (including phenoxy) is 2. The Morgan fingerprint density at radius 1 is 1.20 bits per heavy atom. The van der Waals surface area contributed by atoms with Crippen molar-refractivity contribution in [1.82, 2.24) is 10.2 Å². The van der Waals surface area contributed by atoms with Crippen LogP contribution in [0.15, 0.2) is 36.4 Å². The largest absolute Gasteiger partial charge is 0.493 e. The second-order valence-corrected chi connectivity index (χ2v) is 11.1. The van der Waals surface area contributed by atoms with Crippen LogP contribution in [0.2, 0.25) is 0 Å². The molecule has 0 radical (unpaired) electrons.